The largest absolute Gasteiger partial charge is 0.325 e. The van der Waals surface area contributed by atoms with Crippen LogP contribution in [0.15, 0.2) is 24.3 Å². The standard InChI is InChI=1S/C13H17FN4/c1-9(2)18-13(12(8-15)16-17-18)7-10-3-5-11(14)6-4-10/h3-6,9H,7-8,15H2,1-2H3. The van der Waals surface area contributed by atoms with Crippen molar-refractivity contribution in [2.24, 2.45) is 5.73 Å². The minimum atomic E-state index is -0.228. The van der Waals surface area contributed by atoms with Crippen LogP contribution < -0.4 is 5.73 Å². The molecule has 0 saturated carbocycles. The molecule has 2 N–H and O–H groups in total. The van der Waals surface area contributed by atoms with Gasteiger partial charge in [-0.05, 0) is 31.5 Å². The Bertz CT molecular complexity index is 516. The molecule has 18 heavy (non-hydrogen) atoms. The Hall–Kier alpha value is -1.75. The normalized spacial score (nSPS) is 11.2. The Kier molecular flexibility index (Phi) is 3.72. The van der Waals surface area contributed by atoms with E-state index in [1.165, 1.54) is 12.1 Å². The maximum Gasteiger partial charge on any atom is 0.123 e. The predicted octanol–water partition coefficient (Wildman–Crippen LogP) is 2.05. The van der Waals surface area contributed by atoms with Crippen molar-refractivity contribution < 1.29 is 4.39 Å². The van der Waals surface area contributed by atoms with Crippen LogP contribution in [0.3, 0.4) is 0 Å². The summed E-state index contributed by atoms with van der Waals surface area (Å²) in [6.07, 6.45) is 0.665. The first-order valence-corrected chi connectivity index (χ1v) is 5.99. The van der Waals surface area contributed by atoms with Crippen LogP contribution in [0.4, 0.5) is 4.39 Å². The molecule has 1 aromatic heterocycles. The third-order valence-corrected chi connectivity index (χ3v) is 2.84. The van der Waals surface area contributed by atoms with Crippen molar-refractivity contribution >= 4 is 0 Å². The van der Waals surface area contributed by atoms with Gasteiger partial charge in [0.15, 0.2) is 0 Å². The molecule has 1 aromatic carbocycles. The molecule has 5 heteroatoms. The van der Waals surface area contributed by atoms with Gasteiger partial charge in [0.1, 0.15) is 5.82 Å². The Morgan fingerprint density at radius 3 is 2.50 bits per heavy atom. The van der Waals surface area contributed by atoms with Crippen LogP contribution in [0.25, 0.3) is 0 Å². The third kappa shape index (κ3) is 2.56. The fourth-order valence-electron chi connectivity index (χ4n) is 1.90. The highest BCUT2D eigenvalue weighted by atomic mass is 19.1. The average Bonchev–Trinajstić information content (AvgIpc) is 2.75. The summed E-state index contributed by atoms with van der Waals surface area (Å²) in [5, 5.41) is 8.20. The number of hydrogen-bond donors (Lipinski definition) is 1. The summed E-state index contributed by atoms with van der Waals surface area (Å²) < 4.78 is 14.7. The van der Waals surface area contributed by atoms with E-state index in [2.05, 4.69) is 10.3 Å². The van der Waals surface area contributed by atoms with Gasteiger partial charge in [-0.25, -0.2) is 9.07 Å². The quantitative estimate of drug-likeness (QED) is 0.901. The topological polar surface area (TPSA) is 56.7 Å². The van der Waals surface area contributed by atoms with E-state index in [0.29, 0.717) is 13.0 Å². The molecular formula is C13H17FN4. The number of halogens is 1. The van der Waals surface area contributed by atoms with Gasteiger partial charge in [-0.1, -0.05) is 17.3 Å². The van der Waals surface area contributed by atoms with Crippen molar-refractivity contribution in [3.05, 3.63) is 47.0 Å². The van der Waals surface area contributed by atoms with E-state index in [1.807, 2.05) is 18.5 Å². The van der Waals surface area contributed by atoms with Crippen molar-refractivity contribution in [2.75, 3.05) is 0 Å². The molecule has 0 aliphatic rings. The summed E-state index contributed by atoms with van der Waals surface area (Å²) in [5.74, 6) is -0.228. The molecule has 0 fully saturated rings. The van der Waals surface area contributed by atoms with Crippen molar-refractivity contribution in [1.82, 2.24) is 15.0 Å². The summed E-state index contributed by atoms with van der Waals surface area (Å²) in [5.41, 5.74) is 8.49. The first-order chi connectivity index (χ1) is 8.61. The molecule has 2 rings (SSSR count). The lowest BCUT2D eigenvalue weighted by Crippen LogP contribution is -2.10. The molecule has 0 aliphatic heterocycles. The first kappa shape index (κ1) is 12.7. The van der Waals surface area contributed by atoms with Crippen molar-refractivity contribution in [3.63, 3.8) is 0 Å². The lowest BCUT2D eigenvalue weighted by atomic mass is 10.1. The van der Waals surface area contributed by atoms with E-state index in [4.69, 9.17) is 5.73 Å². The zero-order valence-electron chi connectivity index (χ0n) is 10.6. The lowest BCUT2D eigenvalue weighted by molar-refractivity contribution is 0.497. The molecule has 1 heterocycles. The number of nitrogens with zero attached hydrogens (tertiary/aromatic N) is 3. The summed E-state index contributed by atoms with van der Waals surface area (Å²) in [4.78, 5) is 0. The minimum Gasteiger partial charge on any atom is -0.325 e. The molecule has 0 atom stereocenters. The smallest absolute Gasteiger partial charge is 0.123 e. The number of nitrogens with two attached hydrogens (primary N) is 1. The fourth-order valence-corrected chi connectivity index (χ4v) is 1.90. The van der Waals surface area contributed by atoms with Crippen LogP contribution in [0.5, 0.6) is 0 Å². The number of rotatable bonds is 4. The van der Waals surface area contributed by atoms with Gasteiger partial charge < -0.3 is 5.73 Å². The van der Waals surface area contributed by atoms with Gasteiger partial charge >= 0.3 is 0 Å². The predicted molar refractivity (Wildman–Crippen MR) is 67.5 cm³/mol. The summed E-state index contributed by atoms with van der Waals surface area (Å²) in [6, 6.07) is 6.69. The zero-order chi connectivity index (χ0) is 13.1. The van der Waals surface area contributed by atoms with E-state index >= 15 is 0 Å². The Morgan fingerprint density at radius 2 is 1.94 bits per heavy atom. The van der Waals surface area contributed by atoms with Gasteiger partial charge in [0, 0.05) is 19.0 Å². The molecule has 0 amide bonds. The summed E-state index contributed by atoms with van der Waals surface area (Å²) in [6.45, 7) is 4.45. The number of hydrogen-bond acceptors (Lipinski definition) is 3. The van der Waals surface area contributed by atoms with E-state index in [9.17, 15) is 4.39 Å². The first-order valence-electron chi connectivity index (χ1n) is 5.99. The average molecular weight is 248 g/mol. The van der Waals surface area contributed by atoms with Crippen LogP contribution in [-0.2, 0) is 13.0 Å². The second kappa shape index (κ2) is 5.27. The molecule has 0 spiro atoms. The number of benzene rings is 1. The lowest BCUT2D eigenvalue weighted by Gasteiger charge is -2.10. The van der Waals surface area contributed by atoms with Crippen molar-refractivity contribution in [3.8, 4) is 0 Å². The molecule has 0 saturated heterocycles. The molecule has 4 nitrogen and oxygen atoms in total. The van der Waals surface area contributed by atoms with E-state index in [0.717, 1.165) is 17.0 Å². The van der Waals surface area contributed by atoms with E-state index in [-0.39, 0.29) is 11.9 Å². The maximum absolute atomic E-state index is 12.9. The number of aromatic nitrogens is 3. The Balaban J connectivity index is 2.32. The van der Waals surface area contributed by atoms with Crippen molar-refractivity contribution in [1.29, 1.82) is 0 Å². The van der Waals surface area contributed by atoms with Crippen LogP contribution in [-0.4, -0.2) is 15.0 Å². The molecule has 96 valence electrons. The molecule has 0 unspecified atom stereocenters. The third-order valence-electron chi connectivity index (χ3n) is 2.84. The van der Waals surface area contributed by atoms with Gasteiger partial charge in [-0.15, -0.1) is 5.10 Å². The minimum absolute atomic E-state index is 0.228. The summed E-state index contributed by atoms with van der Waals surface area (Å²) in [7, 11) is 0. The van der Waals surface area contributed by atoms with E-state index < -0.39 is 0 Å². The maximum atomic E-state index is 12.9. The van der Waals surface area contributed by atoms with Gasteiger partial charge in [-0.3, -0.25) is 0 Å². The Morgan fingerprint density at radius 1 is 1.28 bits per heavy atom. The van der Waals surface area contributed by atoms with Gasteiger partial charge in [0.25, 0.3) is 0 Å². The van der Waals surface area contributed by atoms with Crippen LogP contribution >= 0.6 is 0 Å². The highest BCUT2D eigenvalue weighted by molar-refractivity contribution is 5.24. The van der Waals surface area contributed by atoms with Crippen LogP contribution in [0.2, 0.25) is 0 Å². The van der Waals surface area contributed by atoms with Gasteiger partial charge in [0.2, 0.25) is 0 Å². The Labute approximate surface area is 106 Å². The highest BCUT2D eigenvalue weighted by Gasteiger charge is 2.14. The highest BCUT2D eigenvalue weighted by Crippen LogP contribution is 2.16. The monoisotopic (exact) mass is 248 g/mol. The second-order valence-corrected chi connectivity index (χ2v) is 4.53. The van der Waals surface area contributed by atoms with Gasteiger partial charge in [0.05, 0.1) is 11.4 Å². The second-order valence-electron chi connectivity index (χ2n) is 4.53. The van der Waals surface area contributed by atoms with Crippen LogP contribution in [0.1, 0.15) is 36.8 Å². The summed E-state index contributed by atoms with van der Waals surface area (Å²) >= 11 is 0. The molecular weight excluding hydrogens is 231 g/mol. The molecule has 0 bridgehead atoms. The van der Waals surface area contributed by atoms with Crippen molar-refractivity contribution in [2.45, 2.75) is 32.9 Å². The SMILES string of the molecule is CC(C)n1nnc(CN)c1Cc1ccc(F)cc1. The van der Waals surface area contributed by atoms with Gasteiger partial charge in [-0.2, -0.15) is 0 Å². The zero-order valence-corrected chi connectivity index (χ0v) is 10.6. The molecule has 0 radical (unpaired) electrons. The molecule has 0 aliphatic carbocycles. The fraction of sp³-hybridized carbons (Fsp3) is 0.385. The molecule has 2 aromatic rings. The van der Waals surface area contributed by atoms with Crippen LogP contribution in [0, 0.1) is 5.82 Å². The van der Waals surface area contributed by atoms with E-state index in [1.54, 1.807) is 12.1 Å².